The Morgan fingerprint density at radius 1 is 0.947 bits per heavy atom. The third-order valence-corrected chi connectivity index (χ3v) is 3.27. The quantitative estimate of drug-likeness (QED) is 0.733. The first-order valence-corrected chi connectivity index (χ1v) is 6.39. The summed E-state index contributed by atoms with van der Waals surface area (Å²) in [7, 11) is 0. The van der Waals surface area contributed by atoms with Crippen LogP contribution >= 0.6 is 11.6 Å². The van der Waals surface area contributed by atoms with E-state index in [0.717, 1.165) is 16.6 Å². The van der Waals surface area contributed by atoms with Gasteiger partial charge >= 0.3 is 0 Å². The minimum absolute atomic E-state index is 0.487. The smallest absolute Gasteiger partial charge is 0.152 e. The summed E-state index contributed by atoms with van der Waals surface area (Å²) < 4.78 is 0. The summed E-state index contributed by atoms with van der Waals surface area (Å²) in [5.41, 5.74) is 3.02. The topological polar surface area (TPSA) is 37.8 Å². The number of nitrogens with one attached hydrogen (secondary N) is 1. The second-order valence-corrected chi connectivity index (χ2v) is 4.54. The van der Waals surface area contributed by atoms with Crippen LogP contribution in [-0.2, 0) is 6.54 Å². The molecule has 3 rings (SSSR count). The van der Waals surface area contributed by atoms with Gasteiger partial charge in [0.2, 0.25) is 0 Å². The number of halogens is 1. The number of pyridine rings is 2. The molecule has 94 valence electrons. The van der Waals surface area contributed by atoms with Crippen molar-refractivity contribution in [2.24, 2.45) is 0 Å². The van der Waals surface area contributed by atoms with Crippen LogP contribution in [0.15, 0.2) is 54.9 Å². The van der Waals surface area contributed by atoms with Gasteiger partial charge in [-0.05, 0) is 29.8 Å². The lowest BCUT2D eigenvalue weighted by Gasteiger charge is -2.09. The lowest BCUT2D eigenvalue weighted by atomic mass is 10.1. The van der Waals surface area contributed by atoms with Gasteiger partial charge in [0.25, 0.3) is 0 Å². The molecule has 19 heavy (non-hydrogen) atoms. The molecule has 0 aliphatic rings. The van der Waals surface area contributed by atoms with E-state index in [1.807, 2.05) is 42.6 Å². The standard InChI is InChI=1S/C15H12ClN3/c16-15-14(6-3-8-18-15)19-10-11-7-9-17-13-5-2-1-4-12(11)13/h1-9,19H,10H2. The molecule has 0 bridgehead atoms. The highest BCUT2D eigenvalue weighted by Gasteiger charge is 2.03. The fourth-order valence-electron chi connectivity index (χ4n) is 2.02. The average molecular weight is 270 g/mol. The molecule has 0 atom stereocenters. The maximum absolute atomic E-state index is 6.02. The highest BCUT2D eigenvalue weighted by Crippen LogP contribution is 2.21. The molecule has 2 heterocycles. The van der Waals surface area contributed by atoms with Crippen LogP contribution in [-0.4, -0.2) is 9.97 Å². The van der Waals surface area contributed by atoms with Gasteiger partial charge in [0.05, 0.1) is 11.2 Å². The summed E-state index contributed by atoms with van der Waals surface area (Å²) >= 11 is 6.02. The molecule has 0 spiro atoms. The molecule has 4 heteroatoms. The second-order valence-electron chi connectivity index (χ2n) is 4.18. The molecular weight excluding hydrogens is 258 g/mol. The van der Waals surface area contributed by atoms with Crippen molar-refractivity contribution >= 4 is 28.2 Å². The molecule has 3 aromatic rings. The van der Waals surface area contributed by atoms with Crippen molar-refractivity contribution in [2.45, 2.75) is 6.54 Å². The molecule has 2 aromatic heterocycles. The highest BCUT2D eigenvalue weighted by molar-refractivity contribution is 6.31. The third kappa shape index (κ3) is 2.51. The summed E-state index contributed by atoms with van der Waals surface area (Å²) in [5.74, 6) is 0. The molecule has 0 amide bonds. The van der Waals surface area contributed by atoms with Gasteiger partial charge in [0.15, 0.2) is 5.15 Å². The van der Waals surface area contributed by atoms with Crippen LogP contribution in [0.25, 0.3) is 10.9 Å². The SMILES string of the molecule is Clc1ncccc1NCc1ccnc2ccccc12. The van der Waals surface area contributed by atoms with Crippen molar-refractivity contribution in [3.05, 3.63) is 65.6 Å². The number of hydrogen-bond donors (Lipinski definition) is 1. The van der Waals surface area contributed by atoms with Crippen molar-refractivity contribution in [1.82, 2.24) is 9.97 Å². The lowest BCUT2D eigenvalue weighted by molar-refractivity contribution is 1.14. The summed E-state index contributed by atoms with van der Waals surface area (Å²) in [4.78, 5) is 8.39. The second kappa shape index (κ2) is 5.24. The first-order chi connectivity index (χ1) is 9.34. The average Bonchev–Trinajstić information content (AvgIpc) is 2.46. The lowest BCUT2D eigenvalue weighted by Crippen LogP contribution is -2.01. The maximum Gasteiger partial charge on any atom is 0.152 e. The van der Waals surface area contributed by atoms with E-state index in [1.54, 1.807) is 6.20 Å². The molecule has 0 aliphatic heterocycles. The van der Waals surface area contributed by atoms with Gasteiger partial charge in [-0.3, -0.25) is 4.98 Å². The Kier molecular flexibility index (Phi) is 3.29. The van der Waals surface area contributed by atoms with E-state index in [2.05, 4.69) is 21.4 Å². The van der Waals surface area contributed by atoms with E-state index in [4.69, 9.17) is 11.6 Å². The van der Waals surface area contributed by atoms with E-state index in [9.17, 15) is 0 Å². The monoisotopic (exact) mass is 269 g/mol. The molecule has 0 saturated carbocycles. The molecule has 0 unspecified atom stereocenters. The Labute approximate surface area is 116 Å². The van der Waals surface area contributed by atoms with Gasteiger partial charge in [0, 0.05) is 24.3 Å². The van der Waals surface area contributed by atoms with E-state index >= 15 is 0 Å². The van der Waals surface area contributed by atoms with Crippen molar-refractivity contribution in [3.8, 4) is 0 Å². The van der Waals surface area contributed by atoms with Crippen molar-refractivity contribution < 1.29 is 0 Å². The number of fused-ring (bicyclic) bond motifs is 1. The minimum atomic E-state index is 0.487. The fourth-order valence-corrected chi connectivity index (χ4v) is 2.20. The Balaban J connectivity index is 1.88. The van der Waals surface area contributed by atoms with Crippen LogP contribution in [0.1, 0.15) is 5.56 Å². The molecular formula is C15H12ClN3. The van der Waals surface area contributed by atoms with Crippen LogP contribution < -0.4 is 5.32 Å². The molecule has 1 N–H and O–H groups in total. The number of benzene rings is 1. The molecule has 0 aliphatic carbocycles. The Morgan fingerprint density at radius 3 is 2.74 bits per heavy atom. The Morgan fingerprint density at radius 2 is 1.84 bits per heavy atom. The van der Waals surface area contributed by atoms with Crippen LogP contribution in [0, 0.1) is 0 Å². The number of hydrogen-bond acceptors (Lipinski definition) is 3. The number of anilines is 1. The van der Waals surface area contributed by atoms with E-state index < -0.39 is 0 Å². The zero-order valence-corrected chi connectivity index (χ0v) is 10.9. The predicted octanol–water partition coefficient (Wildman–Crippen LogP) is 3.90. The van der Waals surface area contributed by atoms with Gasteiger partial charge in [0.1, 0.15) is 0 Å². The fraction of sp³-hybridized carbons (Fsp3) is 0.0667. The van der Waals surface area contributed by atoms with E-state index in [0.29, 0.717) is 11.7 Å². The molecule has 0 saturated heterocycles. The molecule has 0 fully saturated rings. The summed E-state index contributed by atoms with van der Waals surface area (Å²) in [6, 6.07) is 13.9. The normalized spacial score (nSPS) is 10.6. The number of aromatic nitrogens is 2. The maximum atomic E-state index is 6.02. The predicted molar refractivity (Wildman–Crippen MR) is 78.3 cm³/mol. The molecule has 1 aromatic carbocycles. The van der Waals surface area contributed by atoms with E-state index in [1.165, 1.54) is 5.56 Å². The highest BCUT2D eigenvalue weighted by atomic mass is 35.5. The third-order valence-electron chi connectivity index (χ3n) is 2.97. The van der Waals surface area contributed by atoms with Crippen molar-refractivity contribution in [2.75, 3.05) is 5.32 Å². The van der Waals surface area contributed by atoms with Crippen LogP contribution in [0.4, 0.5) is 5.69 Å². The Bertz CT molecular complexity index is 707. The number of nitrogens with zero attached hydrogens (tertiary/aromatic N) is 2. The van der Waals surface area contributed by atoms with Gasteiger partial charge in [-0.25, -0.2) is 4.98 Å². The van der Waals surface area contributed by atoms with Gasteiger partial charge in [-0.15, -0.1) is 0 Å². The summed E-state index contributed by atoms with van der Waals surface area (Å²) in [5, 5.41) is 4.94. The minimum Gasteiger partial charge on any atom is -0.378 e. The zero-order valence-electron chi connectivity index (χ0n) is 10.2. The zero-order chi connectivity index (χ0) is 13.1. The van der Waals surface area contributed by atoms with Crippen LogP contribution in [0.3, 0.4) is 0 Å². The van der Waals surface area contributed by atoms with E-state index in [-0.39, 0.29) is 0 Å². The number of rotatable bonds is 3. The summed E-state index contributed by atoms with van der Waals surface area (Å²) in [6.45, 7) is 0.689. The molecule has 3 nitrogen and oxygen atoms in total. The van der Waals surface area contributed by atoms with Crippen molar-refractivity contribution in [1.29, 1.82) is 0 Å². The largest absolute Gasteiger partial charge is 0.378 e. The number of para-hydroxylation sites is 1. The molecule has 0 radical (unpaired) electrons. The first-order valence-electron chi connectivity index (χ1n) is 6.01. The van der Waals surface area contributed by atoms with Gasteiger partial charge in [-0.1, -0.05) is 29.8 Å². The van der Waals surface area contributed by atoms with Crippen LogP contribution in [0.2, 0.25) is 5.15 Å². The van der Waals surface area contributed by atoms with Crippen LogP contribution in [0.5, 0.6) is 0 Å². The van der Waals surface area contributed by atoms with Gasteiger partial charge < -0.3 is 5.32 Å². The van der Waals surface area contributed by atoms with Crippen molar-refractivity contribution in [3.63, 3.8) is 0 Å². The first kappa shape index (κ1) is 11.9. The summed E-state index contributed by atoms with van der Waals surface area (Å²) in [6.07, 6.45) is 3.50. The Hall–Kier alpha value is -2.13. The van der Waals surface area contributed by atoms with Gasteiger partial charge in [-0.2, -0.15) is 0 Å².